The van der Waals surface area contributed by atoms with E-state index in [0.29, 0.717) is 39.5 Å². The van der Waals surface area contributed by atoms with Crippen molar-refractivity contribution in [3.05, 3.63) is 74.6 Å². The zero-order valence-electron chi connectivity index (χ0n) is 20.6. The van der Waals surface area contributed by atoms with Gasteiger partial charge < -0.3 is 9.47 Å². The summed E-state index contributed by atoms with van der Waals surface area (Å²) in [4.78, 5) is 20.2. The number of allylic oxidation sites excluding steroid dienone is 1. The number of hydrogen-bond donors (Lipinski definition) is 0. The topological polar surface area (TPSA) is 51.1 Å². The van der Waals surface area contributed by atoms with Gasteiger partial charge in [0.2, 0.25) is 0 Å². The molecular weight excluding hydrogens is 503 g/mol. The van der Waals surface area contributed by atoms with Crippen molar-refractivity contribution in [3.63, 3.8) is 0 Å². The van der Waals surface area contributed by atoms with Gasteiger partial charge in [-0.25, -0.2) is 0 Å². The fraction of sp³-hybridized carbons (Fsp3) is 0.333. The van der Waals surface area contributed by atoms with Crippen molar-refractivity contribution >= 4 is 52.1 Å². The lowest BCUT2D eigenvalue weighted by atomic mass is 10.0. The number of hydrogen-bond acceptors (Lipinski definition) is 5. The Morgan fingerprint density at radius 1 is 1.14 bits per heavy atom. The molecule has 0 aromatic heterocycles. The lowest BCUT2D eigenvalue weighted by Gasteiger charge is -2.20. The van der Waals surface area contributed by atoms with Gasteiger partial charge in [-0.15, -0.1) is 6.58 Å². The molecule has 186 valence electrons. The highest BCUT2D eigenvalue weighted by molar-refractivity contribution is 8.18. The second-order valence-electron chi connectivity index (χ2n) is 8.63. The van der Waals surface area contributed by atoms with Gasteiger partial charge in [0.1, 0.15) is 6.61 Å². The Morgan fingerprint density at radius 2 is 1.89 bits per heavy atom. The van der Waals surface area contributed by atoms with Crippen molar-refractivity contribution in [2.45, 2.75) is 52.8 Å². The van der Waals surface area contributed by atoms with E-state index in [9.17, 15) is 4.79 Å². The van der Waals surface area contributed by atoms with E-state index in [-0.39, 0.29) is 18.0 Å². The number of amides is 1. The Hall–Kier alpha value is -2.41. The molecule has 8 heteroatoms. The maximum Gasteiger partial charge on any atom is 0.266 e. The highest BCUT2D eigenvalue weighted by atomic mass is 35.5. The van der Waals surface area contributed by atoms with Gasteiger partial charge in [0, 0.05) is 17.6 Å². The number of benzene rings is 2. The van der Waals surface area contributed by atoms with E-state index in [0.717, 1.165) is 21.9 Å². The first-order valence-electron chi connectivity index (χ1n) is 11.3. The molecule has 3 rings (SSSR count). The molecule has 0 spiro atoms. The number of amidine groups is 1. The van der Waals surface area contributed by atoms with Crippen LogP contribution in [0.4, 0.5) is 0 Å². The maximum absolute atomic E-state index is 13.1. The zero-order valence-corrected chi connectivity index (χ0v) is 22.9. The normalized spacial score (nSPS) is 16.1. The third kappa shape index (κ3) is 6.63. The van der Waals surface area contributed by atoms with Crippen LogP contribution in [-0.4, -0.2) is 35.2 Å². The van der Waals surface area contributed by atoms with Gasteiger partial charge in [0.05, 0.1) is 22.1 Å². The summed E-state index contributed by atoms with van der Waals surface area (Å²) in [5, 5.41) is 1.70. The number of rotatable bonds is 9. The molecule has 0 unspecified atom stereocenters. The molecule has 0 radical (unpaired) electrons. The van der Waals surface area contributed by atoms with E-state index in [1.807, 2.05) is 52.0 Å². The maximum atomic E-state index is 13.1. The molecule has 0 saturated carbocycles. The first kappa shape index (κ1) is 27.2. The number of aliphatic imine (C=N–C) groups is 1. The molecule has 1 heterocycles. The van der Waals surface area contributed by atoms with E-state index >= 15 is 0 Å². The van der Waals surface area contributed by atoms with Crippen molar-refractivity contribution in [1.29, 1.82) is 0 Å². The van der Waals surface area contributed by atoms with Crippen LogP contribution in [0.1, 0.15) is 44.4 Å². The Kier molecular flexibility index (Phi) is 9.34. The predicted octanol–water partition coefficient (Wildman–Crippen LogP) is 7.40. The number of halogens is 2. The Morgan fingerprint density at radius 3 is 2.49 bits per heavy atom. The Balaban J connectivity index is 1.96. The summed E-state index contributed by atoms with van der Waals surface area (Å²) in [7, 11) is 1.60. The molecule has 1 aliphatic rings. The molecule has 1 fully saturated rings. The monoisotopic (exact) mass is 532 g/mol. The summed E-state index contributed by atoms with van der Waals surface area (Å²) < 4.78 is 11.8. The fourth-order valence-corrected chi connectivity index (χ4v) is 5.13. The molecule has 35 heavy (non-hydrogen) atoms. The molecule has 0 atom stereocenters. The fourth-order valence-electron chi connectivity index (χ4n) is 3.58. The molecule has 2 aromatic carbocycles. The number of ether oxygens (including phenoxy) is 2. The Bertz CT molecular complexity index is 1180. The number of carbonyl (C=O) groups excluding carboxylic acids is 1. The zero-order chi connectivity index (χ0) is 25.7. The average Bonchev–Trinajstić information content (AvgIpc) is 3.09. The molecule has 5 nitrogen and oxygen atoms in total. The quantitative estimate of drug-likeness (QED) is 0.249. The van der Waals surface area contributed by atoms with Crippen LogP contribution in [0.15, 0.2) is 52.9 Å². The van der Waals surface area contributed by atoms with Gasteiger partial charge in [-0.2, -0.15) is 0 Å². The number of nitrogens with zero attached hydrogens (tertiary/aromatic N) is 2. The van der Waals surface area contributed by atoms with Gasteiger partial charge in [0.25, 0.3) is 5.91 Å². The van der Waals surface area contributed by atoms with Crippen LogP contribution in [0.2, 0.25) is 10.0 Å². The van der Waals surface area contributed by atoms with Crippen LogP contribution >= 0.6 is 35.0 Å². The molecule has 1 amide bonds. The minimum Gasteiger partial charge on any atom is -0.493 e. The van der Waals surface area contributed by atoms with E-state index in [1.54, 1.807) is 30.2 Å². The smallest absolute Gasteiger partial charge is 0.266 e. The largest absolute Gasteiger partial charge is 0.493 e. The summed E-state index contributed by atoms with van der Waals surface area (Å²) >= 11 is 13.6. The number of thioether (sulfide) groups is 1. The minimum absolute atomic E-state index is 0.0152. The van der Waals surface area contributed by atoms with Crippen molar-refractivity contribution in [3.8, 4) is 11.5 Å². The lowest BCUT2D eigenvalue weighted by molar-refractivity contribution is -0.123. The van der Waals surface area contributed by atoms with Gasteiger partial charge in [0.15, 0.2) is 16.7 Å². The van der Waals surface area contributed by atoms with Crippen LogP contribution < -0.4 is 9.47 Å². The predicted molar refractivity (Wildman–Crippen MR) is 148 cm³/mol. The van der Waals surface area contributed by atoms with E-state index in [4.69, 9.17) is 32.7 Å². The summed E-state index contributed by atoms with van der Waals surface area (Å²) in [6.07, 6.45) is 4.26. The number of methoxy groups -OCH3 is 1. The molecule has 0 aliphatic carbocycles. The first-order chi connectivity index (χ1) is 16.6. The van der Waals surface area contributed by atoms with Crippen molar-refractivity contribution < 1.29 is 14.3 Å². The summed E-state index contributed by atoms with van der Waals surface area (Å²) in [6, 6.07) is 9.36. The molecule has 1 aliphatic heterocycles. The molecule has 0 N–H and O–H groups in total. The first-order valence-corrected chi connectivity index (χ1v) is 12.9. The van der Waals surface area contributed by atoms with E-state index in [2.05, 4.69) is 11.6 Å². The van der Waals surface area contributed by atoms with Gasteiger partial charge in [-0.05, 0) is 87.3 Å². The average molecular weight is 534 g/mol. The summed E-state index contributed by atoms with van der Waals surface area (Å²) in [5.41, 5.74) is 2.63. The van der Waals surface area contributed by atoms with Crippen LogP contribution in [0.3, 0.4) is 0 Å². The van der Waals surface area contributed by atoms with Crippen LogP contribution in [-0.2, 0) is 17.8 Å². The Labute approximate surface area is 221 Å². The van der Waals surface area contributed by atoms with E-state index < -0.39 is 0 Å². The molecule has 1 saturated heterocycles. The third-order valence-corrected chi connectivity index (χ3v) is 6.86. The lowest BCUT2D eigenvalue weighted by Crippen LogP contribution is -2.35. The van der Waals surface area contributed by atoms with Gasteiger partial charge in [-0.1, -0.05) is 35.3 Å². The van der Waals surface area contributed by atoms with Crippen LogP contribution in [0.5, 0.6) is 11.5 Å². The van der Waals surface area contributed by atoms with Crippen LogP contribution in [0, 0.1) is 0 Å². The standard InChI is InChI=1S/C27H30Cl2N2O3S/c1-7-8-20-11-19(14-24-26(32)31(17(4)5)27(35-24)30-16(2)3)13-23(33-6)25(20)34-15-18-9-10-21(28)22(29)12-18/h7,9-14,16-17H,1,8,15H2,2-6H3/b24-14+,30-27?. The second kappa shape index (κ2) is 12.0. The molecule has 2 aromatic rings. The molecule has 0 bridgehead atoms. The SMILES string of the molecule is C=CCc1cc(/C=C2/SC(=NC(C)C)N(C(C)C)C2=O)cc(OC)c1OCc1ccc(Cl)c(Cl)c1. The third-order valence-electron chi connectivity index (χ3n) is 5.13. The van der Waals surface area contributed by atoms with Gasteiger partial charge in [-0.3, -0.25) is 14.7 Å². The van der Waals surface area contributed by atoms with Crippen molar-refractivity contribution in [1.82, 2.24) is 4.90 Å². The summed E-state index contributed by atoms with van der Waals surface area (Å²) in [6.45, 7) is 12.2. The van der Waals surface area contributed by atoms with Gasteiger partial charge >= 0.3 is 0 Å². The van der Waals surface area contributed by atoms with Crippen molar-refractivity contribution in [2.75, 3.05) is 7.11 Å². The molecular formula is C27H30Cl2N2O3S. The summed E-state index contributed by atoms with van der Waals surface area (Å²) in [5.74, 6) is 1.15. The van der Waals surface area contributed by atoms with Crippen LogP contribution in [0.25, 0.3) is 6.08 Å². The van der Waals surface area contributed by atoms with Crippen molar-refractivity contribution in [2.24, 2.45) is 4.99 Å². The highest BCUT2D eigenvalue weighted by Gasteiger charge is 2.35. The minimum atomic E-state index is -0.0476. The second-order valence-corrected chi connectivity index (χ2v) is 10.4. The van der Waals surface area contributed by atoms with E-state index in [1.165, 1.54) is 11.8 Å². The highest BCUT2D eigenvalue weighted by Crippen LogP contribution is 2.38. The number of carbonyl (C=O) groups is 1.